The summed E-state index contributed by atoms with van der Waals surface area (Å²) in [7, 11) is 4.10. The van der Waals surface area contributed by atoms with Crippen molar-refractivity contribution in [3.63, 3.8) is 0 Å². The van der Waals surface area contributed by atoms with E-state index in [-0.39, 0.29) is 11.8 Å². The predicted octanol–water partition coefficient (Wildman–Crippen LogP) is 3.53. The highest BCUT2D eigenvalue weighted by Crippen LogP contribution is 2.25. The topological polar surface area (TPSA) is 83.4 Å². The quantitative estimate of drug-likeness (QED) is 0.398. The number of nitrogens with zero attached hydrogens (tertiary/aromatic N) is 5. The zero-order chi connectivity index (χ0) is 25.8. The van der Waals surface area contributed by atoms with E-state index in [0.29, 0.717) is 24.8 Å². The van der Waals surface area contributed by atoms with Crippen LogP contribution in [-0.4, -0.2) is 69.6 Å². The van der Waals surface area contributed by atoms with Gasteiger partial charge < -0.3 is 15.1 Å². The van der Waals surface area contributed by atoms with Gasteiger partial charge in [0, 0.05) is 49.5 Å². The highest BCUT2D eigenvalue weighted by Gasteiger charge is 2.30. The molecule has 188 valence electrons. The standard InChI is InChI=1S/C29H30N6O2/c1-33(2)24-15-17-34(20-24)29(37)28-25-7-3-4-8-26(25)35(32-28)23-12-9-21(10-13-23)11-14-27(36)31-19-22-6-5-16-30-18-22/h3-14,16,18,24H,15,17,19-20H2,1-2H3,(H,31,36). The van der Waals surface area contributed by atoms with E-state index in [9.17, 15) is 9.59 Å². The first-order valence-corrected chi connectivity index (χ1v) is 12.4. The second kappa shape index (κ2) is 10.8. The van der Waals surface area contributed by atoms with E-state index in [4.69, 9.17) is 5.10 Å². The largest absolute Gasteiger partial charge is 0.348 e. The first-order chi connectivity index (χ1) is 18.0. The second-order valence-corrected chi connectivity index (χ2v) is 9.44. The number of amides is 2. The van der Waals surface area contributed by atoms with Gasteiger partial charge >= 0.3 is 0 Å². The number of rotatable bonds is 7. The van der Waals surface area contributed by atoms with Crippen molar-refractivity contribution >= 4 is 28.8 Å². The Morgan fingerprint density at radius 2 is 1.89 bits per heavy atom. The van der Waals surface area contributed by atoms with Crippen LogP contribution in [0.15, 0.2) is 79.1 Å². The minimum atomic E-state index is -0.174. The van der Waals surface area contributed by atoms with Crippen LogP contribution in [0.2, 0.25) is 0 Å². The molecule has 0 spiro atoms. The lowest BCUT2D eigenvalue weighted by atomic mass is 10.1. The van der Waals surface area contributed by atoms with Gasteiger partial charge in [0.15, 0.2) is 5.69 Å². The predicted molar refractivity (Wildman–Crippen MR) is 144 cm³/mol. The number of fused-ring (bicyclic) bond motifs is 1. The van der Waals surface area contributed by atoms with Gasteiger partial charge in [0.2, 0.25) is 5.91 Å². The molecule has 1 unspecified atom stereocenters. The maximum Gasteiger partial charge on any atom is 0.275 e. The number of carbonyl (C=O) groups excluding carboxylic acids is 2. The number of carbonyl (C=O) groups is 2. The Morgan fingerprint density at radius 1 is 1.08 bits per heavy atom. The molecular formula is C29H30N6O2. The minimum absolute atomic E-state index is 0.0313. The number of likely N-dealkylation sites (N-methyl/N-ethyl adjacent to an activating group) is 1. The van der Waals surface area contributed by atoms with E-state index in [2.05, 4.69) is 29.3 Å². The van der Waals surface area contributed by atoms with Crippen LogP contribution in [0.1, 0.15) is 28.0 Å². The van der Waals surface area contributed by atoms with Crippen LogP contribution in [0.25, 0.3) is 22.7 Å². The maximum atomic E-state index is 13.4. The van der Waals surface area contributed by atoms with Gasteiger partial charge in [-0.15, -0.1) is 0 Å². The van der Waals surface area contributed by atoms with Crippen molar-refractivity contribution in [2.24, 2.45) is 0 Å². The monoisotopic (exact) mass is 494 g/mol. The van der Waals surface area contributed by atoms with Crippen molar-refractivity contribution < 1.29 is 9.59 Å². The molecule has 1 fully saturated rings. The van der Waals surface area contributed by atoms with Crippen molar-refractivity contribution in [1.29, 1.82) is 0 Å². The molecule has 3 heterocycles. The Balaban J connectivity index is 1.31. The van der Waals surface area contributed by atoms with E-state index >= 15 is 0 Å². The van der Waals surface area contributed by atoms with Crippen LogP contribution in [0.3, 0.4) is 0 Å². The van der Waals surface area contributed by atoms with Crippen molar-refractivity contribution in [3.05, 3.63) is 96.0 Å². The van der Waals surface area contributed by atoms with Crippen molar-refractivity contribution in [2.45, 2.75) is 19.0 Å². The fraction of sp³-hybridized carbons (Fsp3) is 0.241. The molecule has 1 saturated heterocycles. The van der Waals surface area contributed by atoms with Gasteiger partial charge in [-0.25, -0.2) is 4.68 Å². The molecule has 2 amide bonds. The molecule has 0 radical (unpaired) electrons. The van der Waals surface area contributed by atoms with E-state index in [1.165, 1.54) is 6.08 Å². The zero-order valence-electron chi connectivity index (χ0n) is 21.0. The number of hydrogen-bond acceptors (Lipinski definition) is 5. The smallest absolute Gasteiger partial charge is 0.275 e. The summed E-state index contributed by atoms with van der Waals surface area (Å²) in [4.78, 5) is 33.7. The summed E-state index contributed by atoms with van der Waals surface area (Å²) in [6.45, 7) is 1.88. The zero-order valence-corrected chi connectivity index (χ0v) is 21.0. The molecule has 0 bridgehead atoms. The van der Waals surface area contributed by atoms with Gasteiger partial charge in [-0.1, -0.05) is 36.4 Å². The first kappa shape index (κ1) is 24.4. The lowest BCUT2D eigenvalue weighted by Gasteiger charge is -2.19. The molecule has 2 aromatic heterocycles. The van der Waals surface area contributed by atoms with Crippen LogP contribution in [0.4, 0.5) is 0 Å². The molecule has 1 aliphatic rings. The summed E-state index contributed by atoms with van der Waals surface area (Å²) >= 11 is 0. The Bertz CT molecular complexity index is 1430. The number of likely N-dealkylation sites (tertiary alicyclic amines) is 1. The second-order valence-electron chi connectivity index (χ2n) is 9.44. The van der Waals surface area contributed by atoms with Crippen LogP contribution >= 0.6 is 0 Å². The third-order valence-corrected chi connectivity index (χ3v) is 6.73. The molecular weight excluding hydrogens is 464 g/mol. The van der Waals surface area contributed by atoms with E-state index in [1.54, 1.807) is 18.5 Å². The molecule has 4 aromatic rings. The maximum absolute atomic E-state index is 13.4. The number of aromatic nitrogens is 3. The highest BCUT2D eigenvalue weighted by molar-refractivity contribution is 6.05. The molecule has 2 aromatic carbocycles. The molecule has 5 rings (SSSR count). The Kier molecular flexibility index (Phi) is 7.09. The normalized spacial score (nSPS) is 15.6. The summed E-state index contributed by atoms with van der Waals surface area (Å²) in [6, 6.07) is 19.7. The molecule has 8 nitrogen and oxygen atoms in total. The molecule has 37 heavy (non-hydrogen) atoms. The lowest BCUT2D eigenvalue weighted by molar-refractivity contribution is -0.116. The SMILES string of the molecule is CN(C)C1CCN(C(=O)c2nn(-c3ccc(C=CC(=O)NCc4cccnc4)cc3)c3ccccc23)C1. The molecule has 1 atom stereocenters. The minimum Gasteiger partial charge on any atom is -0.348 e. The average molecular weight is 495 g/mol. The van der Waals surface area contributed by atoms with Crippen LogP contribution in [0, 0.1) is 0 Å². The molecule has 0 saturated carbocycles. The fourth-order valence-corrected chi connectivity index (χ4v) is 4.57. The Morgan fingerprint density at radius 3 is 2.62 bits per heavy atom. The van der Waals surface area contributed by atoms with Gasteiger partial charge in [-0.3, -0.25) is 14.6 Å². The van der Waals surface area contributed by atoms with Crippen LogP contribution in [-0.2, 0) is 11.3 Å². The highest BCUT2D eigenvalue weighted by atomic mass is 16.2. The number of hydrogen-bond donors (Lipinski definition) is 1. The Hall–Kier alpha value is -4.30. The van der Waals surface area contributed by atoms with E-state index in [0.717, 1.165) is 40.7 Å². The lowest BCUT2D eigenvalue weighted by Crippen LogP contribution is -2.34. The summed E-state index contributed by atoms with van der Waals surface area (Å²) in [5.41, 5.74) is 4.04. The van der Waals surface area contributed by atoms with Crippen molar-refractivity contribution in [1.82, 2.24) is 29.9 Å². The fourth-order valence-electron chi connectivity index (χ4n) is 4.57. The summed E-state index contributed by atoms with van der Waals surface area (Å²) in [5, 5.41) is 8.45. The third-order valence-electron chi connectivity index (χ3n) is 6.73. The van der Waals surface area contributed by atoms with E-state index in [1.807, 2.05) is 70.2 Å². The van der Waals surface area contributed by atoms with Crippen LogP contribution < -0.4 is 5.32 Å². The molecule has 8 heteroatoms. The van der Waals surface area contributed by atoms with Gasteiger partial charge in [0.25, 0.3) is 5.91 Å². The van der Waals surface area contributed by atoms with E-state index < -0.39 is 0 Å². The molecule has 1 aliphatic heterocycles. The van der Waals surface area contributed by atoms with Crippen molar-refractivity contribution in [3.8, 4) is 5.69 Å². The van der Waals surface area contributed by atoms with Crippen molar-refractivity contribution in [2.75, 3.05) is 27.2 Å². The average Bonchev–Trinajstić information content (AvgIpc) is 3.58. The van der Waals surface area contributed by atoms with Gasteiger partial charge in [-0.2, -0.15) is 5.10 Å². The summed E-state index contributed by atoms with van der Waals surface area (Å²) < 4.78 is 1.82. The number of benzene rings is 2. The number of pyridine rings is 1. The third kappa shape index (κ3) is 5.44. The summed E-state index contributed by atoms with van der Waals surface area (Å²) in [6.07, 6.45) is 7.68. The number of para-hydroxylation sites is 1. The molecule has 0 aliphatic carbocycles. The van der Waals surface area contributed by atoms with Gasteiger partial charge in [-0.05, 0) is 62.0 Å². The van der Waals surface area contributed by atoms with Gasteiger partial charge in [0.05, 0.1) is 11.2 Å². The summed E-state index contributed by atoms with van der Waals surface area (Å²) in [5.74, 6) is -0.205. The number of nitrogens with one attached hydrogen (secondary N) is 1. The van der Waals surface area contributed by atoms with Crippen LogP contribution in [0.5, 0.6) is 0 Å². The van der Waals surface area contributed by atoms with Gasteiger partial charge in [0.1, 0.15) is 0 Å². The Labute approximate surface area is 216 Å². The molecule has 1 N–H and O–H groups in total. The first-order valence-electron chi connectivity index (χ1n) is 12.4.